The van der Waals surface area contributed by atoms with Gasteiger partial charge >= 0.3 is 0 Å². The van der Waals surface area contributed by atoms with E-state index in [1.807, 2.05) is 0 Å². The summed E-state index contributed by atoms with van der Waals surface area (Å²) in [6.07, 6.45) is 2.93. The Balaban J connectivity index is 2.01. The van der Waals surface area contributed by atoms with Crippen molar-refractivity contribution in [2.75, 3.05) is 6.54 Å². The van der Waals surface area contributed by atoms with Gasteiger partial charge in [0.25, 0.3) is 0 Å². The van der Waals surface area contributed by atoms with Gasteiger partial charge in [0, 0.05) is 30.5 Å². The minimum atomic E-state index is 0.143. The Hall–Kier alpha value is -1.15. The van der Waals surface area contributed by atoms with E-state index >= 15 is 0 Å². The second kappa shape index (κ2) is 6.09. The summed E-state index contributed by atoms with van der Waals surface area (Å²) >= 11 is 0. The lowest BCUT2D eigenvalue weighted by atomic mass is 9.84. The van der Waals surface area contributed by atoms with Gasteiger partial charge in [0.05, 0.1) is 0 Å². The van der Waals surface area contributed by atoms with Crippen LogP contribution in [0.25, 0.3) is 0 Å². The molecule has 20 heavy (non-hydrogen) atoms. The number of hydrogen-bond acceptors (Lipinski definition) is 2. The van der Waals surface area contributed by atoms with E-state index in [2.05, 4.69) is 62.9 Å². The smallest absolute Gasteiger partial charge is 0.138 e. The fraction of sp³-hybridized carbons (Fsp3) is 0.611. The molecular weight excluding hydrogens is 246 g/mol. The van der Waals surface area contributed by atoms with E-state index in [1.54, 1.807) is 0 Å². The number of carbonyl (C=O) groups is 1. The minimum Gasteiger partial charge on any atom is -0.299 e. The van der Waals surface area contributed by atoms with Crippen molar-refractivity contribution >= 4 is 5.78 Å². The summed E-state index contributed by atoms with van der Waals surface area (Å²) < 4.78 is 0. The van der Waals surface area contributed by atoms with Gasteiger partial charge in [0.1, 0.15) is 5.78 Å². The van der Waals surface area contributed by atoms with Crippen LogP contribution < -0.4 is 0 Å². The maximum Gasteiger partial charge on any atom is 0.138 e. The monoisotopic (exact) mass is 273 g/mol. The first-order valence-electron chi connectivity index (χ1n) is 7.75. The summed E-state index contributed by atoms with van der Waals surface area (Å²) in [5.41, 5.74) is 1.54. The van der Waals surface area contributed by atoms with Gasteiger partial charge in [-0.3, -0.25) is 9.69 Å². The minimum absolute atomic E-state index is 0.143. The molecule has 2 nitrogen and oxygen atoms in total. The van der Waals surface area contributed by atoms with Gasteiger partial charge in [0.2, 0.25) is 0 Å². The van der Waals surface area contributed by atoms with Crippen molar-refractivity contribution in [1.29, 1.82) is 0 Å². The van der Waals surface area contributed by atoms with Crippen molar-refractivity contribution in [3.05, 3.63) is 35.9 Å². The van der Waals surface area contributed by atoms with Gasteiger partial charge < -0.3 is 0 Å². The molecule has 0 N–H and O–H groups in total. The van der Waals surface area contributed by atoms with Gasteiger partial charge in [-0.2, -0.15) is 0 Å². The number of likely N-dealkylation sites (tertiary alicyclic amines) is 1. The second-order valence-corrected chi connectivity index (χ2v) is 6.74. The summed E-state index contributed by atoms with van der Waals surface area (Å²) in [6, 6.07) is 11.0. The molecule has 1 aliphatic rings. The molecule has 0 bridgehead atoms. The summed E-state index contributed by atoms with van der Waals surface area (Å²) in [5, 5.41) is 0. The zero-order chi connectivity index (χ0) is 14.8. The van der Waals surface area contributed by atoms with Crippen LogP contribution in [0.5, 0.6) is 0 Å². The lowest BCUT2D eigenvalue weighted by Crippen LogP contribution is -2.56. The molecule has 2 rings (SSSR count). The molecule has 1 heterocycles. The lowest BCUT2D eigenvalue weighted by Gasteiger charge is -2.47. The summed E-state index contributed by atoms with van der Waals surface area (Å²) in [4.78, 5) is 14.4. The first-order chi connectivity index (χ1) is 9.42. The van der Waals surface area contributed by atoms with Crippen LogP contribution in [0, 0.1) is 5.92 Å². The van der Waals surface area contributed by atoms with Crippen molar-refractivity contribution in [3.8, 4) is 0 Å². The summed E-state index contributed by atoms with van der Waals surface area (Å²) in [6.45, 7) is 9.81. The molecule has 2 heteroatoms. The maximum atomic E-state index is 11.8. The van der Waals surface area contributed by atoms with Crippen molar-refractivity contribution < 1.29 is 4.79 Å². The van der Waals surface area contributed by atoms with E-state index in [9.17, 15) is 4.79 Å². The van der Waals surface area contributed by atoms with Crippen molar-refractivity contribution in [2.24, 2.45) is 5.92 Å². The van der Waals surface area contributed by atoms with Crippen LogP contribution in [0.2, 0.25) is 0 Å². The Bertz CT molecular complexity index is 452. The standard InChI is InChI=1S/C18H27NO/c1-14-15(2)19(13-11-17(14)20)18(3,4)12-10-16-8-6-5-7-9-16/h5-9,14-15H,10-13H2,1-4H3. The van der Waals surface area contributed by atoms with Gasteiger partial charge in [-0.15, -0.1) is 0 Å². The van der Waals surface area contributed by atoms with E-state index in [-0.39, 0.29) is 11.5 Å². The second-order valence-electron chi connectivity index (χ2n) is 6.74. The molecule has 1 aromatic carbocycles. The number of piperidine rings is 1. The Morgan fingerprint density at radius 3 is 2.50 bits per heavy atom. The lowest BCUT2D eigenvalue weighted by molar-refractivity contribution is -0.130. The van der Waals surface area contributed by atoms with Crippen molar-refractivity contribution in [2.45, 2.75) is 58.5 Å². The number of aryl methyl sites for hydroxylation is 1. The van der Waals surface area contributed by atoms with Crippen LogP contribution in [0.15, 0.2) is 30.3 Å². The number of carbonyl (C=O) groups excluding carboxylic acids is 1. The SMILES string of the molecule is CC1C(=O)CCN(C(C)(C)CCc2ccccc2)C1C. The molecule has 0 radical (unpaired) electrons. The average molecular weight is 273 g/mol. The quantitative estimate of drug-likeness (QED) is 0.833. The average Bonchev–Trinajstić information content (AvgIpc) is 2.44. The number of Topliss-reactive ketones (excluding diaryl/α,β-unsaturated/α-hetero) is 1. The molecule has 2 atom stereocenters. The molecule has 1 aliphatic heterocycles. The predicted molar refractivity (Wildman–Crippen MR) is 83.8 cm³/mol. The summed E-state index contributed by atoms with van der Waals surface area (Å²) in [7, 11) is 0. The van der Waals surface area contributed by atoms with Crippen LogP contribution in [-0.2, 0) is 11.2 Å². The number of nitrogens with zero attached hydrogens (tertiary/aromatic N) is 1. The van der Waals surface area contributed by atoms with E-state index in [4.69, 9.17) is 0 Å². The first kappa shape index (κ1) is 15.2. The van der Waals surface area contributed by atoms with E-state index < -0.39 is 0 Å². The molecular formula is C18H27NO. The molecule has 2 unspecified atom stereocenters. The number of benzene rings is 1. The molecule has 1 fully saturated rings. The Labute approximate surface area is 123 Å². The zero-order valence-corrected chi connectivity index (χ0v) is 13.2. The fourth-order valence-corrected chi connectivity index (χ4v) is 3.29. The third-order valence-electron chi connectivity index (χ3n) is 4.97. The highest BCUT2D eigenvalue weighted by Crippen LogP contribution is 2.30. The topological polar surface area (TPSA) is 20.3 Å². The van der Waals surface area contributed by atoms with Crippen LogP contribution in [0.4, 0.5) is 0 Å². The van der Waals surface area contributed by atoms with E-state index in [0.717, 1.165) is 19.4 Å². The highest BCUT2D eigenvalue weighted by atomic mass is 16.1. The predicted octanol–water partition coefficient (Wildman–Crippen LogP) is 3.70. The van der Waals surface area contributed by atoms with Gasteiger partial charge in [-0.25, -0.2) is 0 Å². The van der Waals surface area contributed by atoms with Crippen LogP contribution in [0.3, 0.4) is 0 Å². The van der Waals surface area contributed by atoms with Crippen LogP contribution in [0.1, 0.15) is 46.1 Å². The maximum absolute atomic E-state index is 11.8. The summed E-state index contributed by atoms with van der Waals surface area (Å²) in [5.74, 6) is 0.590. The third kappa shape index (κ3) is 3.29. The Morgan fingerprint density at radius 1 is 1.20 bits per heavy atom. The number of hydrogen-bond donors (Lipinski definition) is 0. The van der Waals surface area contributed by atoms with Crippen LogP contribution in [-0.4, -0.2) is 28.8 Å². The molecule has 0 spiro atoms. The van der Waals surface area contributed by atoms with Gasteiger partial charge in [-0.1, -0.05) is 37.3 Å². The zero-order valence-electron chi connectivity index (χ0n) is 13.2. The Morgan fingerprint density at radius 2 is 1.85 bits per heavy atom. The molecule has 0 saturated carbocycles. The Kier molecular flexibility index (Phi) is 4.64. The molecule has 0 aliphatic carbocycles. The third-order valence-corrected chi connectivity index (χ3v) is 4.97. The molecule has 0 aromatic heterocycles. The highest BCUT2D eigenvalue weighted by molar-refractivity contribution is 5.82. The van der Waals surface area contributed by atoms with Crippen molar-refractivity contribution in [3.63, 3.8) is 0 Å². The highest BCUT2D eigenvalue weighted by Gasteiger charge is 2.38. The largest absolute Gasteiger partial charge is 0.299 e. The fourth-order valence-electron chi connectivity index (χ4n) is 3.29. The molecule has 0 amide bonds. The van der Waals surface area contributed by atoms with Crippen molar-refractivity contribution in [1.82, 2.24) is 4.90 Å². The first-order valence-corrected chi connectivity index (χ1v) is 7.75. The van der Waals surface area contributed by atoms with E-state index in [0.29, 0.717) is 18.2 Å². The molecule has 110 valence electrons. The van der Waals surface area contributed by atoms with Crippen LogP contribution >= 0.6 is 0 Å². The van der Waals surface area contributed by atoms with E-state index in [1.165, 1.54) is 5.56 Å². The normalized spacial score (nSPS) is 24.9. The molecule has 1 saturated heterocycles. The van der Waals surface area contributed by atoms with Gasteiger partial charge in [-0.05, 0) is 39.2 Å². The number of rotatable bonds is 4. The van der Waals surface area contributed by atoms with Gasteiger partial charge in [0.15, 0.2) is 0 Å². The molecule has 1 aromatic rings. The number of ketones is 1.